The zero-order valence-corrected chi connectivity index (χ0v) is 11.4. The molecule has 1 unspecified atom stereocenters. The number of halogens is 1. The molecule has 1 atom stereocenters. The molecule has 0 bridgehead atoms. The van der Waals surface area contributed by atoms with E-state index in [2.05, 4.69) is 26.0 Å². The van der Waals surface area contributed by atoms with Crippen molar-refractivity contribution in [2.24, 2.45) is 0 Å². The van der Waals surface area contributed by atoms with Gasteiger partial charge in [-0.15, -0.1) is 0 Å². The van der Waals surface area contributed by atoms with E-state index in [1.807, 2.05) is 36.4 Å². The smallest absolute Gasteiger partial charge is 0.146 e. The van der Waals surface area contributed by atoms with Gasteiger partial charge in [0.25, 0.3) is 0 Å². The zero-order chi connectivity index (χ0) is 13.0. The number of rotatable bonds is 4. The largest absolute Gasteiger partial charge is 0.456 e. The summed E-state index contributed by atoms with van der Waals surface area (Å²) >= 11 is 6.05. The molecule has 2 heteroatoms. The van der Waals surface area contributed by atoms with Crippen molar-refractivity contribution < 1.29 is 4.74 Å². The summed E-state index contributed by atoms with van der Waals surface area (Å²) in [5.41, 5.74) is 1.34. The van der Waals surface area contributed by atoms with Crippen molar-refractivity contribution in [3.8, 4) is 11.5 Å². The van der Waals surface area contributed by atoms with Gasteiger partial charge in [0.1, 0.15) is 11.5 Å². The molecule has 0 aliphatic carbocycles. The second kappa shape index (κ2) is 5.92. The van der Waals surface area contributed by atoms with E-state index >= 15 is 0 Å². The van der Waals surface area contributed by atoms with Gasteiger partial charge in [-0.05, 0) is 42.2 Å². The summed E-state index contributed by atoms with van der Waals surface area (Å²) in [4.78, 5) is 0. The third-order valence-electron chi connectivity index (χ3n) is 3.13. The Kier molecular flexibility index (Phi) is 4.27. The molecule has 0 heterocycles. The Morgan fingerprint density at radius 1 is 1.06 bits per heavy atom. The molecule has 1 nitrogen and oxygen atoms in total. The fraction of sp³-hybridized carbons (Fsp3) is 0.250. The number of para-hydroxylation sites is 1. The maximum Gasteiger partial charge on any atom is 0.146 e. The Balaban J connectivity index is 2.14. The van der Waals surface area contributed by atoms with Gasteiger partial charge in [0, 0.05) is 0 Å². The maximum absolute atomic E-state index is 6.05. The lowest BCUT2D eigenvalue weighted by Crippen LogP contribution is -1.91. The molecule has 0 fully saturated rings. The van der Waals surface area contributed by atoms with Crippen LogP contribution in [0.2, 0.25) is 5.02 Å². The molecule has 0 N–H and O–H groups in total. The van der Waals surface area contributed by atoms with Crippen LogP contribution in [0, 0.1) is 0 Å². The number of hydrogen-bond donors (Lipinski definition) is 0. The minimum absolute atomic E-state index is 0.583. The molecule has 0 amide bonds. The molecular weight excluding hydrogens is 244 g/mol. The third-order valence-corrected chi connectivity index (χ3v) is 3.44. The van der Waals surface area contributed by atoms with E-state index in [9.17, 15) is 0 Å². The minimum atomic E-state index is 0.583. The lowest BCUT2D eigenvalue weighted by Gasteiger charge is -2.11. The standard InChI is InChI=1S/C16H17ClO/c1-3-12(2)13-8-10-14(11-9-13)18-16-7-5-4-6-15(16)17/h4-12H,3H2,1-2H3. The second-order valence-corrected chi connectivity index (χ2v) is 4.82. The summed E-state index contributed by atoms with van der Waals surface area (Å²) in [6.07, 6.45) is 1.14. The molecule has 0 aromatic heterocycles. The number of benzene rings is 2. The molecule has 0 saturated carbocycles. The first kappa shape index (κ1) is 13.0. The highest BCUT2D eigenvalue weighted by atomic mass is 35.5. The van der Waals surface area contributed by atoms with Gasteiger partial charge in [-0.3, -0.25) is 0 Å². The normalized spacial score (nSPS) is 12.2. The van der Waals surface area contributed by atoms with Crippen LogP contribution < -0.4 is 4.74 Å². The van der Waals surface area contributed by atoms with Crippen LogP contribution in [0.4, 0.5) is 0 Å². The van der Waals surface area contributed by atoms with Crippen LogP contribution in [0.5, 0.6) is 11.5 Å². The summed E-state index contributed by atoms with van der Waals surface area (Å²) in [7, 11) is 0. The Hall–Kier alpha value is -1.47. The molecule has 94 valence electrons. The zero-order valence-electron chi connectivity index (χ0n) is 10.7. The molecule has 0 radical (unpaired) electrons. The molecule has 2 aromatic rings. The average molecular weight is 261 g/mol. The maximum atomic E-state index is 6.05. The molecule has 0 aliphatic heterocycles. The highest BCUT2D eigenvalue weighted by Gasteiger charge is 2.04. The van der Waals surface area contributed by atoms with Crippen LogP contribution in [0.15, 0.2) is 48.5 Å². The van der Waals surface area contributed by atoms with Gasteiger partial charge < -0.3 is 4.74 Å². The van der Waals surface area contributed by atoms with Crippen LogP contribution in [0.25, 0.3) is 0 Å². The van der Waals surface area contributed by atoms with E-state index < -0.39 is 0 Å². The van der Waals surface area contributed by atoms with Crippen molar-refractivity contribution in [1.82, 2.24) is 0 Å². The van der Waals surface area contributed by atoms with E-state index in [-0.39, 0.29) is 0 Å². The Morgan fingerprint density at radius 3 is 2.33 bits per heavy atom. The molecule has 0 spiro atoms. The van der Waals surface area contributed by atoms with E-state index in [0.29, 0.717) is 16.7 Å². The molecule has 0 saturated heterocycles. The van der Waals surface area contributed by atoms with Crippen LogP contribution in [0.3, 0.4) is 0 Å². The van der Waals surface area contributed by atoms with Crippen LogP contribution in [-0.2, 0) is 0 Å². The van der Waals surface area contributed by atoms with Crippen LogP contribution in [-0.4, -0.2) is 0 Å². The quantitative estimate of drug-likeness (QED) is 0.691. The van der Waals surface area contributed by atoms with Crippen LogP contribution in [0.1, 0.15) is 31.7 Å². The monoisotopic (exact) mass is 260 g/mol. The fourth-order valence-electron chi connectivity index (χ4n) is 1.75. The van der Waals surface area contributed by atoms with E-state index in [4.69, 9.17) is 16.3 Å². The van der Waals surface area contributed by atoms with Crippen molar-refractivity contribution in [3.05, 3.63) is 59.1 Å². The molecule has 0 aliphatic rings. The van der Waals surface area contributed by atoms with E-state index in [1.54, 1.807) is 0 Å². The first-order valence-electron chi connectivity index (χ1n) is 6.23. The van der Waals surface area contributed by atoms with Crippen molar-refractivity contribution >= 4 is 11.6 Å². The molecule has 2 rings (SSSR count). The van der Waals surface area contributed by atoms with Gasteiger partial charge in [-0.1, -0.05) is 49.7 Å². The topological polar surface area (TPSA) is 9.23 Å². The Bertz CT molecular complexity index is 505. The molecular formula is C16H17ClO. The molecule has 2 aromatic carbocycles. The summed E-state index contributed by atoms with van der Waals surface area (Å²) in [6, 6.07) is 15.7. The van der Waals surface area contributed by atoms with Crippen LogP contribution >= 0.6 is 11.6 Å². The minimum Gasteiger partial charge on any atom is -0.456 e. The Labute approximate surface area is 113 Å². The summed E-state index contributed by atoms with van der Waals surface area (Å²) in [5, 5.41) is 0.628. The first-order chi connectivity index (χ1) is 8.70. The SMILES string of the molecule is CCC(C)c1ccc(Oc2ccccc2Cl)cc1. The van der Waals surface area contributed by atoms with Gasteiger partial charge in [0.15, 0.2) is 0 Å². The van der Waals surface area contributed by atoms with Gasteiger partial charge in [0.2, 0.25) is 0 Å². The number of ether oxygens (including phenoxy) is 1. The average Bonchev–Trinajstić information content (AvgIpc) is 2.41. The second-order valence-electron chi connectivity index (χ2n) is 4.41. The van der Waals surface area contributed by atoms with Crippen molar-refractivity contribution in [3.63, 3.8) is 0 Å². The van der Waals surface area contributed by atoms with E-state index in [0.717, 1.165) is 12.2 Å². The lowest BCUT2D eigenvalue weighted by molar-refractivity contribution is 0.482. The Morgan fingerprint density at radius 2 is 1.72 bits per heavy atom. The third kappa shape index (κ3) is 3.05. The summed E-state index contributed by atoms with van der Waals surface area (Å²) < 4.78 is 5.75. The highest BCUT2D eigenvalue weighted by Crippen LogP contribution is 2.29. The fourth-order valence-corrected chi connectivity index (χ4v) is 1.93. The van der Waals surface area contributed by atoms with Crippen molar-refractivity contribution in [1.29, 1.82) is 0 Å². The number of hydrogen-bond acceptors (Lipinski definition) is 1. The highest BCUT2D eigenvalue weighted by molar-refractivity contribution is 6.32. The predicted molar refractivity (Wildman–Crippen MR) is 76.7 cm³/mol. The first-order valence-corrected chi connectivity index (χ1v) is 6.61. The van der Waals surface area contributed by atoms with Gasteiger partial charge in [-0.25, -0.2) is 0 Å². The molecule has 18 heavy (non-hydrogen) atoms. The van der Waals surface area contributed by atoms with Crippen molar-refractivity contribution in [2.75, 3.05) is 0 Å². The predicted octanol–water partition coefficient (Wildman–Crippen LogP) is 5.65. The van der Waals surface area contributed by atoms with Gasteiger partial charge in [0.05, 0.1) is 5.02 Å². The lowest BCUT2D eigenvalue weighted by atomic mass is 9.99. The van der Waals surface area contributed by atoms with Gasteiger partial charge in [-0.2, -0.15) is 0 Å². The summed E-state index contributed by atoms with van der Waals surface area (Å²) in [6.45, 7) is 4.42. The van der Waals surface area contributed by atoms with Gasteiger partial charge >= 0.3 is 0 Å². The van der Waals surface area contributed by atoms with E-state index in [1.165, 1.54) is 5.56 Å². The summed E-state index contributed by atoms with van der Waals surface area (Å²) in [5.74, 6) is 2.09. The van der Waals surface area contributed by atoms with Crippen molar-refractivity contribution in [2.45, 2.75) is 26.2 Å².